The van der Waals surface area contributed by atoms with Crippen molar-refractivity contribution in [1.82, 2.24) is 20.6 Å². The third-order valence-electron chi connectivity index (χ3n) is 11.0. The largest absolute Gasteiger partial charge is 0.381 e. The molecule has 0 spiro atoms. The Bertz CT molecular complexity index is 1750. The van der Waals surface area contributed by atoms with Gasteiger partial charge < -0.3 is 31.2 Å². The Balaban J connectivity index is 0.904. The number of Topliss-reactive ketones (excluding diaryl/α,β-unsaturated/α-hetero) is 1. The maximum Gasteiger partial charge on any atom is 0.166 e. The van der Waals surface area contributed by atoms with Gasteiger partial charge in [0.2, 0.25) is 0 Å². The first-order chi connectivity index (χ1) is 24.5. The highest BCUT2D eigenvalue weighted by molar-refractivity contribution is 8.15. The van der Waals surface area contributed by atoms with E-state index in [1.54, 1.807) is 23.5 Å². The van der Waals surface area contributed by atoms with Gasteiger partial charge in [-0.15, -0.1) is 23.5 Å². The lowest BCUT2D eigenvalue weighted by Crippen LogP contribution is -2.48. The van der Waals surface area contributed by atoms with Gasteiger partial charge in [0.25, 0.3) is 0 Å². The van der Waals surface area contributed by atoms with Gasteiger partial charge in [0, 0.05) is 34.4 Å². The molecule has 0 saturated heterocycles. The summed E-state index contributed by atoms with van der Waals surface area (Å²) in [5, 5.41) is 18.7. The molecule has 0 bridgehead atoms. The molecule has 264 valence electrons. The molecular weight excluding hydrogens is 661 g/mol. The van der Waals surface area contributed by atoms with Gasteiger partial charge in [0.05, 0.1) is 58.0 Å². The average molecular weight is 711 g/mol. The molecule has 4 atom stereocenters. The highest BCUT2D eigenvalue weighted by Crippen LogP contribution is 2.34. The molecule has 4 heterocycles. The molecule has 4 aromatic rings. The van der Waals surface area contributed by atoms with Crippen LogP contribution < -0.4 is 21.3 Å². The van der Waals surface area contributed by atoms with E-state index in [9.17, 15) is 4.79 Å². The van der Waals surface area contributed by atoms with Crippen LogP contribution in [-0.2, 0) is 4.79 Å². The second kappa shape index (κ2) is 15.2. The topological polar surface area (TPSA) is 121 Å². The summed E-state index contributed by atoms with van der Waals surface area (Å²) in [5.41, 5.74) is 6.80. The van der Waals surface area contributed by atoms with E-state index in [2.05, 4.69) is 79.8 Å². The number of nitrogens with one attached hydrogen (secondary N) is 6. The van der Waals surface area contributed by atoms with Crippen molar-refractivity contribution in [3.05, 3.63) is 59.9 Å². The highest BCUT2D eigenvalue weighted by atomic mass is 32.2. The van der Waals surface area contributed by atoms with Crippen molar-refractivity contribution in [2.24, 2.45) is 9.98 Å². The van der Waals surface area contributed by atoms with Crippen molar-refractivity contribution in [3.63, 3.8) is 0 Å². The van der Waals surface area contributed by atoms with Crippen LogP contribution in [0.25, 0.3) is 21.8 Å². The van der Waals surface area contributed by atoms with Crippen molar-refractivity contribution in [3.8, 4) is 0 Å². The number of ketones is 1. The molecule has 2 aromatic heterocycles. The quantitative estimate of drug-likeness (QED) is 0.0812. The average Bonchev–Trinajstić information content (AvgIpc) is 3.97. The summed E-state index contributed by atoms with van der Waals surface area (Å²) >= 11 is 3.57. The summed E-state index contributed by atoms with van der Waals surface area (Å²) in [7, 11) is 3.79. The van der Waals surface area contributed by atoms with E-state index in [0.29, 0.717) is 24.9 Å². The number of aliphatic imine (C=N–C) groups is 2. The maximum atomic E-state index is 13.9. The van der Waals surface area contributed by atoms with Crippen LogP contribution in [0.2, 0.25) is 0 Å². The number of hydrogen-bond donors (Lipinski definition) is 6. The minimum absolute atomic E-state index is 0.0816. The first-order valence-electron chi connectivity index (χ1n) is 18.6. The zero-order chi connectivity index (χ0) is 34.0. The third-order valence-corrected chi connectivity index (χ3v) is 13.3. The summed E-state index contributed by atoms with van der Waals surface area (Å²) in [6.07, 6.45) is 11.6. The highest BCUT2D eigenvalue weighted by Gasteiger charge is 2.33. The molecule has 2 fully saturated rings. The fourth-order valence-corrected chi connectivity index (χ4v) is 10.4. The fraction of sp³-hybridized carbons (Fsp3) is 0.513. The van der Waals surface area contributed by atoms with Gasteiger partial charge >= 0.3 is 0 Å². The van der Waals surface area contributed by atoms with Crippen LogP contribution in [0.15, 0.2) is 58.5 Å². The number of rotatable bonds is 14. The number of benzene rings is 2. The van der Waals surface area contributed by atoms with Crippen molar-refractivity contribution in [2.75, 3.05) is 36.2 Å². The van der Waals surface area contributed by atoms with Crippen molar-refractivity contribution in [2.45, 2.75) is 100 Å². The van der Waals surface area contributed by atoms with Crippen LogP contribution in [0.5, 0.6) is 0 Å². The molecule has 2 unspecified atom stereocenters. The number of thioether (sulfide) groups is 2. The molecule has 2 aliphatic heterocycles. The Kier molecular flexibility index (Phi) is 10.3. The lowest BCUT2D eigenvalue weighted by Gasteiger charge is -2.24. The number of aromatic amines is 2. The Morgan fingerprint density at radius 2 is 1.16 bits per heavy atom. The number of likely N-dealkylation sites (N-methyl/N-ethyl adjacent to an activating group) is 2. The summed E-state index contributed by atoms with van der Waals surface area (Å²) in [4.78, 5) is 31.5. The summed E-state index contributed by atoms with van der Waals surface area (Å²) in [5.74, 6) is 1.95. The molecule has 11 heteroatoms. The number of nitrogens with zero attached hydrogens (tertiary/aromatic N) is 2. The van der Waals surface area contributed by atoms with Gasteiger partial charge in [-0.05, 0) is 76.9 Å². The summed E-state index contributed by atoms with van der Waals surface area (Å²) in [6.45, 7) is 0. The number of H-pyrrole nitrogens is 2. The SMILES string of the molecule is CNC(C[C@@H]1CSC(c2cc3cccc(NC4CCCC4)c3[nH]2)=N1)C(=O)C(C[C@@H]1CSC(c2cc3cccc(NC4CCCC4)c3[nH]2)=N1)NC. The maximum absolute atomic E-state index is 13.9. The van der Waals surface area contributed by atoms with E-state index >= 15 is 0 Å². The number of anilines is 2. The van der Waals surface area contributed by atoms with Gasteiger partial charge in [-0.1, -0.05) is 49.9 Å². The van der Waals surface area contributed by atoms with Gasteiger partial charge in [0.1, 0.15) is 10.1 Å². The Morgan fingerprint density at radius 1 is 0.720 bits per heavy atom. The normalized spacial score (nSPS) is 22.8. The van der Waals surface area contributed by atoms with E-state index in [1.807, 2.05) is 14.1 Å². The first kappa shape index (κ1) is 33.9. The van der Waals surface area contributed by atoms with E-state index in [4.69, 9.17) is 9.98 Å². The monoisotopic (exact) mass is 710 g/mol. The van der Waals surface area contributed by atoms with Gasteiger partial charge in [-0.3, -0.25) is 14.8 Å². The second-order valence-corrected chi connectivity index (χ2v) is 16.5. The van der Waals surface area contributed by atoms with Gasteiger partial charge in [-0.2, -0.15) is 0 Å². The molecule has 6 N–H and O–H groups in total. The summed E-state index contributed by atoms with van der Waals surface area (Å²) < 4.78 is 0. The fourth-order valence-electron chi connectivity index (χ4n) is 8.27. The van der Waals surface area contributed by atoms with Crippen molar-refractivity contribution in [1.29, 1.82) is 0 Å². The third kappa shape index (κ3) is 7.24. The minimum Gasteiger partial charge on any atom is -0.381 e. The summed E-state index contributed by atoms with van der Waals surface area (Å²) in [6, 6.07) is 18.1. The van der Waals surface area contributed by atoms with Gasteiger partial charge in [0.15, 0.2) is 5.78 Å². The van der Waals surface area contributed by atoms with E-state index < -0.39 is 0 Å². The lowest BCUT2D eigenvalue weighted by molar-refractivity contribution is -0.123. The lowest BCUT2D eigenvalue weighted by atomic mass is 9.95. The van der Waals surface area contributed by atoms with E-state index in [1.165, 1.54) is 73.5 Å². The van der Waals surface area contributed by atoms with Crippen LogP contribution in [-0.4, -0.2) is 87.7 Å². The molecular formula is C39H50N8OS2. The predicted octanol–water partition coefficient (Wildman–Crippen LogP) is 7.31. The van der Waals surface area contributed by atoms with E-state index in [-0.39, 0.29) is 30.0 Å². The zero-order valence-electron chi connectivity index (χ0n) is 29.2. The van der Waals surface area contributed by atoms with Crippen LogP contribution >= 0.6 is 23.5 Å². The second-order valence-electron chi connectivity index (χ2n) is 14.5. The van der Waals surface area contributed by atoms with Crippen LogP contribution in [0.1, 0.15) is 75.6 Å². The van der Waals surface area contributed by atoms with E-state index in [0.717, 1.165) is 44.0 Å². The van der Waals surface area contributed by atoms with Crippen molar-refractivity contribution < 1.29 is 4.79 Å². The number of carbonyl (C=O) groups is 1. The van der Waals surface area contributed by atoms with Crippen molar-refractivity contribution >= 4 is 72.6 Å². The Hall–Kier alpha value is -3.25. The number of carbonyl (C=O) groups excluding carboxylic acids is 1. The Labute approximate surface area is 303 Å². The molecule has 2 saturated carbocycles. The number of aromatic nitrogens is 2. The zero-order valence-corrected chi connectivity index (χ0v) is 30.8. The first-order valence-corrected chi connectivity index (χ1v) is 20.6. The molecule has 2 aromatic carbocycles. The minimum atomic E-state index is -0.275. The molecule has 50 heavy (non-hydrogen) atoms. The molecule has 2 aliphatic carbocycles. The molecule has 4 aliphatic rings. The molecule has 0 amide bonds. The molecule has 9 nitrogen and oxygen atoms in total. The van der Waals surface area contributed by atoms with Crippen LogP contribution in [0.3, 0.4) is 0 Å². The smallest absolute Gasteiger partial charge is 0.166 e. The molecule has 8 rings (SSSR count). The number of para-hydroxylation sites is 2. The Morgan fingerprint density at radius 3 is 1.58 bits per heavy atom. The molecule has 0 radical (unpaired) electrons. The number of hydrogen-bond acceptors (Lipinski definition) is 9. The standard InChI is InChI=1S/C39H50N8OS2/c1-40-31(19-27-21-49-38(44-27)33-17-23-9-7-15-29(35(23)46-33)42-25-11-3-4-12-25)37(48)32(41-2)20-28-22-50-39(45-28)34-18-24-10-8-16-30(36(24)47-34)43-26-13-5-6-14-26/h7-10,15-18,25-28,31-32,40-43,46-47H,3-6,11-14,19-22H2,1-2H3/t27-,28-,31?,32?/m1/s1. The predicted molar refractivity (Wildman–Crippen MR) is 214 cm³/mol. The van der Waals surface area contributed by atoms with Crippen LogP contribution in [0.4, 0.5) is 11.4 Å². The number of fused-ring (bicyclic) bond motifs is 2. The van der Waals surface area contributed by atoms with Gasteiger partial charge in [-0.25, -0.2) is 0 Å². The van der Waals surface area contributed by atoms with Crippen LogP contribution in [0, 0.1) is 0 Å².